The molecule has 3 heteroatoms. The second-order valence-electron chi connectivity index (χ2n) is 5.27. The van der Waals surface area contributed by atoms with Crippen molar-refractivity contribution >= 4 is 17.3 Å². The van der Waals surface area contributed by atoms with Gasteiger partial charge in [-0.05, 0) is 44.0 Å². The Morgan fingerprint density at radius 2 is 1.86 bits per heavy atom. The predicted molar refractivity (Wildman–Crippen MR) is 90.5 cm³/mol. The molecule has 2 rings (SSSR count). The smallest absolute Gasteiger partial charge is 0.138 e. The molecule has 1 N–H and O–H groups in total. The van der Waals surface area contributed by atoms with Gasteiger partial charge in [0.05, 0.1) is 11.6 Å². The van der Waals surface area contributed by atoms with E-state index in [0.29, 0.717) is 11.6 Å². The lowest BCUT2D eigenvalue weighted by atomic mass is 10.1. The van der Waals surface area contributed by atoms with Gasteiger partial charge in [-0.2, -0.15) is 0 Å². The van der Waals surface area contributed by atoms with Gasteiger partial charge in [0, 0.05) is 11.7 Å². The van der Waals surface area contributed by atoms with Gasteiger partial charge in [0.1, 0.15) is 5.75 Å². The maximum absolute atomic E-state index is 6.25. The standard InChI is InChI=1S/C18H22ClNO/c1-4-11-21-18-10-9-16(12-17(18)19)20-14(3)15-7-5-13(2)6-8-15/h5-10,12,14,20H,4,11H2,1-3H3. The van der Waals surface area contributed by atoms with E-state index in [1.807, 2.05) is 18.2 Å². The van der Waals surface area contributed by atoms with Crippen LogP contribution in [0.3, 0.4) is 0 Å². The molecular weight excluding hydrogens is 282 g/mol. The zero-order valence-corrected chi connectivity index (χ0v) is 13.6. The zero-order valence-electron chi connectivity index (χ0n) is 12.8. The Bertz CT molecular complexity index is 580. The fourth-order valence-electron chi connectivity index (χ4n) is 2.11. The number of aryl methyl sites for hydroxylation is 1. The highest BCUT2D eigenvalue weighted by Gasteiger charge is 2.07. The lowest BCUT2D eigenvalue weighted by Crippen LogP contribution is -2.06. The molecule has 1 unspecified atom stereocenters. The van der Waals surface area contributed by atoms with Crippen LogP contribution in [0.1, 0.15) is 37.4 Å². The molecule has 0 radical (unpaired) electrons. The quantitative estimate of drug-likeness (QED) is 0.749. The molecule has 0 fully saturated rings. The van der Waals surface area contributed by atoms with Crippen LogP contribution in [0.25, 0.3) is 0 Å². The van der Waals surface area contributed by atoms with Gasteiger partial charge < -0.3 is 10.1 Å². The number of rotatable bonds is 6. The fraction of sp³-hybridized carbons (Fsp3) is 0.333. The summed E-state index contributed by atoms with van der Waals surface area (Å²) in [7, 11) is 0. The average molecular weight is 304 g/mol. The molecule has 0 saturated heterocycles. The highest BCUT2D eigenvalue weighted by atomic mass is 35.5. The number of anilines is 1. The van der Waals surface area contributed by atoms with Gasteiger partial charge >= 0.3 is 0 Å². The summed E-state index contributed by atoms with van der Waals surface area (Å²) < 4.78 is 5.58. The third-order valence-corrected chi connectivity index (χ3v) is 3.65. The minimum atomic E-state index is 0.226. The van der Waals surface area contributed by atoms with E-state index in [0.717, 1.165) is 17.9 Å². The van der Waals surface area contributed by atoms with Crippen LogP contribution >= 0.6 is 11.6 Å². The molecule has 2 nitrogen and oxygen atoms in total. The van der Waals surface area contributed by atoms with Gasteiger partial charge in [-0.25, -0.2) is 0 Å². The number of hydrogen-bond acceptors (Lipinski definition) is 2. The minimum Gasteiger partial charge on any atom is -0.492 e. The summed E-state index contributed by atoms with van der Waals surface area (Å²) in [6.07, 6.45) is 0.973. The van der Waals surface area contributed by atoms with Crippen LogP contribution in [0.5, 0.6) is 5.75 Å². The maximum atomic E-state index is 6.25. The normalized spacial score (nSPS) is 12.0. The highest BCUT2D eigenvalue weighted by Crippen LogP contribution is 2.29. The van der Waals surface area contributed by atoms with Crippen molar-refractivity contribution in [1.29, 1.82) is 0 Å². The molecule has 112 valence electrons. The first-order valence-corrected chi connectivity index (χ1v) is 7.73. The summed E-state index contributed by atoms with van der Waals surface area (Å²) in [5.74, 6) is 0.743. The van der Waals surface area contributed by atoms with Crippen molar-refractivity contribution in [1.82, 2.24) is 0 Å². The maximum Gasteiger partial charge on any atom is 0.138 e. The van der Waals surface area contributed by atoms with Crippen molar-refractivity contribution in [2.24, 2.45) is 0 Å². The molecule has 2 aromatic rings. The van der Waals surface area contributed by atoms with Crippen LogP contribution in [-0.4, -0.2) is 6.61 Å². The first-order chi connectivity index (χ1) is 10.1. The van der Waals surface area contributed by atoms with E-state index in [2.05, 4.69) is 50.4 Å². The Morgan fingerprint density at radius 1 is 1.14 bits per heavy atom. The summed E-state index contributed by atoms with van der Waals surface area (Å²) in [6.45, 7) is 7.00. The monoisotopic (exact) mass is 303 g/mol. The number of nitrogens with one attached hydrogen (secondary N) is 1. The average Bonchev–Trinajstić information content (AvgIpc) is 2.47. The van der Waals surface area contributed by atoms with E-state index in [1.54, 1.807) is 0 Å². The predicted octanol–water partition coefficient (Wildman–Crippen LogP) is 5.61. The zero-order chi connectivity index (χ0) is 15.2. The van der Waals surface area contributed by atoms with Crippen LogP contribution in [0, 0.1) is 6.92 Å². The van der Waals surface area contributed by atoms with Gasteiger partial charge in [0.2, 0.25) is 0 Å². The van der Waals surface area contributed by atoms with Gasteiger partial charge in [0.25, 0.3) is 0 Å². The Morgan fingerprint density at radius 3 is 2.48 bits per heavy atom. The van der Waals surface area contributed by atoms with E-state index < -0.39 is 0 Å². The molecule has 0 heterocycles. The molecule has 0 aliphatic rings. The van der Waals surface area contributed by atoms with Gasteiger partial charge in [0.15, 0.2) is 0 Å². The van der Waals surface area contributed by atoms with Crippen molar-refractivity contribution < 1.29 is 4.74 Å². The summed E-state index contributed by atoms with van der Waals surface area (Å²) in [5.41, 5.74) is 3.52. The summed E-state index contributed by atoms with van der Waals surface area (Å²) in [4.78, 5) is 0. The van der Waals surface area contributed by atoms with Crippen LogP contribution in [-0.2, 0) is 0 Å². The molecule has 0 aliphatic heterocycles. The number of hydrogen-bond donors (Lipinski definition) is 1. The molecule has 21 heavy (non-hydrogen) atoms. The third-order valence-electron chi connectivity index (χ3n) is 3.35. The SMILES string of the molecule is CCCOc1ccc(NC(C)c2ccc(C)cc2)cc1Cl. The Hall–Kier alpha value is -1.67. The highest BCUT2D eigenvalue weighted by molar-refractivity contribution is 6.32. The molecular formula is C18H22ClNO. The first-order valence-electron chi connectivity index (χ1n) is 7.35. The van der Waals surface area contributed by atoms with Crippen LogP contribution in [0.4, 0.5) is 5.69 Å². The molecule has 0 bridgehead atoms. The fourth-order valence-corrected chi connectivity index (χ4v) is 2.34. The lowest BCUT2D eigenvalue weighted by molar-refractivity contribution is 0.317. The topological polar surface area (TPSA) is 21.3 Å². The van der Waals surface area contributed by atoms with Crippen molar-refractivity contribution in [2.45, 2.75) is 33.2 Å². The minimum absolute atomic E-state index is 0.226. The Kier molecular flexibility index (Phi) is 5.51. The van der Waals surface area contributed by atoms with E-state index >= 15 is 0 Å². The number of halogens is 1. The first kappa shape index (κ1) is 15.7. The van der Waals surface area contributed by atoms with Gasteiger partial charge in [-0.3, -0.25) is 0 Å². The molecule has 0 saturated carbocycles. The van der Waals surface area contributed by atoms with Crippen molar-refractivity contribution in [3.8, 4) is 5.75 Å². The second-order valence-corrected chi connectivity index (χ2v) is 5.68. The number of ether oxygens (including phenoxy) is 1. The van der Waals surface area contributed by atoms with Crippen LogP contribution < -0.4 is 10.1 Å². The van der Waals surface area contributed by atoms with E-state index in [-0.39, 0.29) is 6.04 Å². The Labute approximate surface area is 132 Å². The summed E-state index contributed by atoms with van der Waals surface area (Å²) in [6, 6.07) is 14.6. The second kappa shape index (κ2) is 7.37. The largest absolute Gasteiger partial charge is 0.492 e. The van der Waals surface area contributed by atoms with E-state index in [4.69, 9.17) is 16.3 Å². The molecule has 0 spiro atoms. The molecule has 0 aromatic heterocycles. The van der Waals surface area contributed by atoms with Gasteiger partial charge in [-0.1, -0.05) is 48.4 Å². The third kappa shape index (κ3) is 4.40. The molecule has 2 aromatic carbocycles. The van der Waals surface area contributed by atoms with Crippen molar-refractivity contribution in [2.75, 3.05) is 11.9 Å². The van der Waals surface area contributed by atoms with Crippen molar-refractivity contribution in [3.63, 3.8) is 0 Å². The summed E-state index contributed by atoms with van der Waals surface area (Å²) >= 11 is 6.25. The van der Waals surface area contributed by atoms with Gasteiger partial charge in [-0.15, -0.1) is 0 Å². The lowest BCUT2D eigenvalue weighted by Gasteiger charge is -2.17. The van der Waals surface area contributed by atoms with E-state index in [1.165, 1.54) is 11.1 Å². The summed E-state index contributed by atoms with van der Waals surface area (Å²) in [5, 5.41) is 4.10. The Balaban J connectivity index is 2.05. The van der Waals surface area contributed by atoms with E-state index in [9.17, 15) is 0 Å². The number of benzene rings is 2. The van der Waals surface area contributed by atoms with Crippen LogP contribution in [0.2, 0.25) is 5.02 Å². The molecule has 0 aliphatic carbocycles. The molecule has 1 atom stereocenters. The van der Waals surface area contributed by atoms with Crippen molar-refractivity contribution in [3.05, 3.63) is 58.6 Å². The molecule has 0 amide bonds. The van der Waals surface area contributed by atoms with Crippen LogP contribution in [0.15, 0.2) is 42.5 Å².